The van der Waals surface area contributed by atoms with Crippen molar-refractivity contribution in [3.05, 3.63) is 54.6 Å². The van der Waals surface area contributed by atoms with E-state index in [2.05, 4.69) is 4.98 Å². The van der Waals surface area contributed by atoms with Crippen LogP contribution in [0.25, 0.3) is 22.6 Å². The van der Waals surface area contributed by atoms with Crippen LogP contribution in [0.2, 0.25) is 0 Å². The molecule has 5 heteroatoms. The van der Waals surface area contributed by atoms with E-state index in [1.54, 1.807) is 7.11 Å². The van der Waals surface area contributed by atoms with E-state index in [9.17, 15) is 0 Å². The average Bonchev–Trinajstić information content (AvgIpc) is 2.84. The molecule has 3 aromatic rings. The first-order chi connectivity index (χ1) is 10.2. The van der Waals surface area contributed by atoms with Crippen molar-refractivity contribution in [2.45, 2.75) is 0 Å². The Kier molecular flexibility index (Phi) is 3.23. The van der Waals surface area contributed by atoms with Gasteiger partial charge in [-0.1, -0.05) is 30.3 Å². The van der Waals surface area contributed by atoms with E-state index in [1.165, 1.54) is 4.68 Å². The molecule has 4 N–H and O–H groups in total. The molecule has 3 rings (SSSR count). The molecule has 0 aliphatic rings. The Hall–Kier alpha value is -2.95. The summed E-state index contributed by atoms with van der Waals surface area (Å²) >= 11 is 0. The van der Waals surface area contributed by atoms with Crippen LogP contribution in [0, 0.1) is 0 Å². The van der Waals surface area contributed by atoms with Crippen LogP contribution in [-0.4, -0.2) is 16.8 Å². The fourth-order valence-electron chi connectivity index (χ4n) is 2.20. The number of benzene rings is 2. The predicted octanol–water partition coefficient (Wildman–Crippen LogP) is 2.52. The van der Waals surface area contributed by atoms with Gasteiger partial charge < -0.3 is 16.3 Å². The van der Waals surface area contributed by atoms with Crippen molar-refractivity contribution >= 4 is 5.82 Å². The van der Waals surface area contributed by atoms with Gasteiger partial charge in [-0.3, -0.25) is 0 Å². The van der Waals surface area contributed by atoms with Crippen molar-refractivity contribution in [2.75, 3.05) is 18.7 Å². The maximum atomic E-state index is 6.09. The molecule has 0 spiro atoms. The number of nitrogen functional groups attached to an aromatic ring is 2. The average molecular weight is 280 g/mol. The van der Waals surface area contributed by atoms with Crippen LogP contribution in [0.5, 0.6) is 5.75 Å². The van der Waals surface area contributed by atoms with Gasteiger partial charge in [0.15, 0.2) is 11.6 Å². The number of methoxy groups -OCH3 is 1. The molecule has 106 valence electrons. The third-order valence-electron chi connectivity index (χ3n) is 3.34. The number of hydrogen-bond acceptors (Lipinski definition) is 4. The van der Waals surface area contributed by atoms with Gasteiger partial charge in [-0.05, 0) is 24.3 Å². The van der Waals surface area contributed by atoms with Crippen LogP contribution in [0.4, 0.5) is 5.82 Å². The highest BCUT2D eigenvalue weighted by atomic mass is 16.5. The van der Waals surface area contributed by atoms with Crippen LogP contribution >= 0.6 is 0 Å². The molecular formula is C16H16N4O. The number of rotatable bonds is 3. The Morgan fingerprint density at radius 3 is 2.24 bits per heavy atom. The van der Waals surface area contributed by atoms with Crippen LogP contribution in [0.1, 0.15) is 0 Å². The van der Waals surface area contributed by atoms with E-state index < -0.39 is 0 Å². The van der Waals surface area contributed by atoms with E-state index in [0.717, 1.165) is 16.9 Å². The maximum absolute atomic E-state index is 6.09. The Balaban J connectivity index is 2.08. The van der Waals surface area contributed by atoms with Gasteiger partial charge in [0.05, 0.1) is 7.11 Å². The second kappa shape index (κ2) is 5.20. The molecular weight excluding hydrogens is 264 g/mol. The minimum absolute atomic E-state index is 0.430. The van der Waals surface area contributed by atoms with Gasteiger partial charge in [0.1, 0.15) is 11.4 Å². The van der Waals surface area contributed by atoms with Crippen molar-refractivity contribution < 1.29 is 4.74 Å². The zero-order chi connectivity index (χ0) is 14.8. The summed E-state index contributed by atoms with van der Waals surface area (Å²) in [6, 6.07) is 17.3. The third-order valence-corrected chi connectivity index (χ3v) is 3.34. The number of hydrogen-bond donors (Lipinski definition) is 2. The van der Waals surface area contributed by atoms with Gasteiger partial charge in [-0.2, -0.15) is 0 Å². The number of ether oxygens (including phenoxy) is 1. The van der Waals surface area contributed by atoms with Gasteiger partial charge in [0.25, 0.3) is 0 Å². The number of nitrogens with two attached hydrogens (primary N) is 2. The molecule has 0 fully saturated rings. The molecule has 2 aromatic carbocycles. The maximum Gasteiger partial charge on any atom is 0.160 e. The van der Waals surface area contributed by atoms with Crippen molar-refractivity contribution in [3.63, 3.8) is 0 Å². The molecule has 0 radical (unpaired) electrons. The quantitative estimate of drug-likeness (QED) is 0.722. The van der Waals surface area contributed by atoms with Gasteiger partial charge in [-0.25, -0.2) is 9.66 Å². The Morgan fingerprint density at radius 2 is 1.62 bits per heavy atom. The molecule has 0 bridgehead atoms. The minimum Gasteiger partial charge on any atom is -0.497 e. The molecule has 0 saturated carbocycles. The Labute approximate surface area is 122 Å². The predicted molar refractivity (Wildman–Crippen MR) is 84.2 cm³/mol. The van der Waals surface area contributed by atoms with E-state index in [0.29, 0.717) is 17.3 Å². The summed E-state index contributed by atoms with van der Waals surface area (Å²) in [6.07, 6.45) is 0. The summed E-state index contributed by atoms with van der Waals surface area (Å²) in [5.41, 5.74) is 8.57. The van der Waals surface area contributed by atoms with Crippen molar-refractivity contribution in [1.29, 1.82) is 0 Å². The molecule has 1 aromatic heterocycles. The van der Waals surface area contributed by atoms with Gasteiger partial charge >= 0.3 is 0 Å². The fourth-order valence-corrected chi connectivity index (χ4v) is 2.20. The second-order valence-electron chi connectivity index (χ2n) is 4.63. The number of imidazole rings is 1. The number of anilines is 1. The summed E-state index contributed by atoms with van der Waals surface area (Å²) in [6.45, 7) is 0. The van der Waals surface area contributed by atoms with E-state index in [-0.39, 0.29) is 0 Å². The van der Waals surface area contributed by atoms with Crippen molar-refractivity contribution in [3.8, 4) is 28.4 Å². The van der Waals surface area contributed by atoms with Crippen LogP contribution < -0.4 is 16.3 Å². The lowest BCUT2D eigenvalue weighted by atomic mass is 10.1. The fraction of sp³-hybridized carbons (Fsp3) is 0.0625. The highest BCUT2D eigenvalue weighted by molar-refractivity contribution is 5.75. The first-order valence-electron chi connectivity index (χ1n) is 6.54. The molecule has 0 atom stereocenters. The monoisotopic (exact) mass is 280 g/mol. The van der Waals surface area contributed by atoms with Gasteiger partial charge in [0, 0.05) is 11.1 Å². The lowest BCUT2D eigenvalue weighted by molar-refractivity contribution is 0.415. The van der Waals surface area contributed by atoms with Crippen molar-refractivity contribution in [2.24, 2.45) is 0 Å². The molecule has 21 heavy (non-hydrogen) atoms. The second-order valence-corrected chi connectivity index (χ2v) is 4.63. The van der Waals surface area contributed by atoms with E-state index >= 15 is 0 Å². The molecule has 1 heterocycles. The lowest BCUT2D eigenvalue weighted by Crippen LogP contribution is -2.13. The van der Waals surface area contributed by atoms with E-state index in [1.807, 2.05) is 54.6 Å². The van der Waals surface area contributed by atoms with Gasteiger partial charge in [-0.15, -0.1) is 0 Å². The SMILES string of the molecule is COc1ccc(-c2nc(-c3ccccc3)n(N)c2N)cc1. The minimum atomic E-state index is 0.430. The topological polar surface area (TPSA) is 79.1 Å². The summed E-state index contributed by atoms with van der Waals surface area (Å²) in [4.78, 5) is 4.58. The third kappa shape index (κ3) is 2.29. The molecule has 0 aliphatic heterocycles. The highest BCUT2D eigenvalue weighted by Gasteiger charge is 2.15. The summed E-state index contributed by atoms with van der Waals surface area (Å²) in [7, 11) is 1.63. The van der Waals surface area contributed by atoms with Crippen molar-refractivity contribution in [1.82, 2.24) is 9.66 Å². The first kappa shape index (κ1) is 13.1. The first-order valence-corrected chi connectivity index (χ1v) is 6.54. The zero-order valence-electron chi connectivity index (χ0n) is 11.7. The highest BCUT2D eigenvalue weighted by Crippen LogP contribution is 2.30. The summed E-state index contributed by atoms with van der Waals surface area (Å²) in [5, 5.41) is 0. The largest absolute Gasteiger partial charge is 0.497 e. The summed E-state index contributed by atoms with van der Waals surface area (Å²) < 4.78 is 6.56. The van der Waals surface area contributed by atoms with E-state index in [4.69, 9.17) is 16.3 Å². The number of aromatic nitrogens is 2. The molecule has 0 saturated heterocycles. The Morgan fingerprint density at radius 1 is 0.952 bits per heavy atom. The zero-order valence-corrected chi connectivity index (χ0v) is 11.7. The smallest absolute Gasteiger partial charge is 0.160 e. The Bertz CT molecular complexity index is 748. The van der Waals surface area contributed by atoms with Gasteiger partial charge in [0.2, 0.25) is 0 Å². The molecule has 0 aliphatic carbocycles. The van der Waals surface area contributed by atoms with Crippen LogP contribution in [0.15, 0.2) is 54.6 Å². The molecule has 0 unspecified atom stereocenters. The number of nitrogens with zero attached hydrogens (tertiary/aromatic N) is 2. The standard InChI is InChI=1S/C16H16N4O/c1-21-13-9-7-11(8-10-13)14-15(17)20(18)16(19-14)12-5-3-2-4-6-12/h2-10H,17-18H2,1H3. The molecule has 0 amide bonds. The molecule has 5 nitrogen and oxygen atoms in total. The normalized spacial score (nSPS) is 10.5. The summed E-state index contributed by atoms with van der Waals surface area (Å²) in [5.74, 6) is 7.89. The van der Waals surface area contributed by atoms with Crippen LogP contribution in [-0.2, 0) is 0 Å². The lowest BCUT2D eigenvalue weighted by Gasteiger charge is -2.03. The van der Waals surface area contributed by atoms with Crippen LogP contribution in [0.3, 0.4) is 0 Å².